The lowest BCUT2D eigenvalue weighted by Crippen LogP contribution is -2.47. The predicted molar refractivity (Wildman–Crippen MR) is 101 cm³/mol. The third-order valence-corrected chi connectivity index (χ3v) is 5.99. The van der Waals surface area contributed by atoms with Gasteiger partial charge in [-0.3, -0.25) is 9.88 Å². The molecule has 1 spiro atoms. The molecule has 6 heteroatoms. The quantitative estimate of drug-likeness (QED) is 0.696. The molecule has 27 heavy (non-hydrogen) atoms. The van der Waals surface area contributed by atoms with E-state index in [2.05, 4.69) is 15.0 Å². The number of likely N-dealkylation sites (tertiary alicyclic amines) is 1. The van der Waals surface area contributed by atoms with Crippen molar-refractivity contribution in [1.29, 1.82) is 0 Å². The van der Waals surface area contributed by atoms with E-state index in [0.29, 0.717) is 12.5 Å². The topological polar surface area (TPSA) is 60.6 Å². The SMILES string of the molecule is Cc1cc(CN2CCC3(CC2)OCC[C@H]3CCOCc2ccncc2)no1. The molecule has 0 aliphatic carbocycles. The fraction of sp³-hybridized carbons (Fsp3) is 0.619. The largest absolute Gasteiger partial charge is 0.377 e. The van der Waals surface area contributed by atoms with Crippen LogP contribution >= 0.6 is 0 Å². The molecule has 1 atom stereocenters. The number of nitrogens with zero attached hydrogens (tertiary/aromatic N) is 3. The summed E-state index contributed by atoms with van der Waals surface area (Å²) in [5.41, 5.74) is 2.26. The molecule has 0 bridgehead atoms. The van der Waals surface area contributed by atoms with Crippen molar-refractivity contribution in [1.82, 2.24) is 15.0 Å². The van der Waals surface area contributed by atoms with Gasteiger partial charge in [-0.25, -0.2) is 0 Å². The zero-order chi connectivity index (χ0) is 18.5. The van der Waals surface area contributed by atoms with Gasteiger partial charge in [0.25, 0.3) is 0 Å². The lowest BCUT2D eigenvalue weighted by atomic mass is 9.78. The molecule has 2 aromatic rings. The maximum atomic E-state index is 6.29. The van der Waals surface area contributed by atoms with E-state index in [4.69, 9.17) is 14.0 Å². The van der Waals surface area contributed by atoms with E-state index in [0.717, 1.165) is 70.0 Å². The molecule has 0 unspecified atom stereocenters. The number of pyridine rings is 1. The summed E-state index contributed by atoms with van der Waals surface area (Å²) in [4.78, 5) is 6.50. The summed E-state index contributed by atoms with van der Waals surface area (Å²) in [7, 11) is 0. The molecule has 4 heterocycles. The normalized spacial score (nSPS) is 22.5. The van der Waals surface area contributed by atoms with Crippen molar-refractivity contribution in [2.75, 3.05) is 26.3 Å². The molecule has 0 aromatic carbocycles. The molecule has 0 saturated carbocycles. The third kappa shape index (κ3) is 4.57. The molecule has 2 fully saturated rings. The highest BCUT2D eigenvalue weighted by molar-refractivity contribution is 5.08. The zero-order valence-corrected chi connectivity index (χ0v) is 16.1. The monoisotopic (exact) mass is 371 g/mol. The van der Waals surface area contributed by atoms with E-state index in [1.54, 1.807) is 0 Å². The molecule has 146 valence electrons. The lowest BCUT2D eigenvalue weighted by molar-refractivity contribution is -0.0735. The van der Waals surface area contributed by atoms with Gasteiger partial charge in [-0.1, -0.05) is 5.16 Å². The highest BCUT2D eigenvalue weighted by atomic mass is 16.5. The van der Waals surface area contributed by atoms with Crippen LogP contribution in [0, 0.1) is 12.8 Å². The van der Waals surface area contributed by atoms with E-state index >= 15 is 0 Å². The molecule has 2 aliphatic heterocycles. The van der Waals surface area contributed by atoms with Crippen molar-refractivity contribution >= 4 is 0 Å². The van der Waals surface area contributed by atoms with Crippen molar-refractivity contribution in [3.8, 4) is 0 Å². The maximum absolute atomic E-state index is 6.29. The molecule has 2 aliphatic rings. The van der Waals surface area contributed by atoms with Gasteiger partial charge < -0.3 is 14.0 Å². The van der Waals surface area contributed by atoms with E-state index in [1.165, 1.54) is 5.56 Å². The molecular weight excluding hydrogens is 342 g/mol. The Morgan fingerprint density at radius 3 is 2.81 bits per heavy atom. The number of ether oxygens (including phenoxy) is 2. The summed E-state index contributed by atoms with van der Waals surface area (Å²) in [6.07, 6.45) is 8.05. The summed E-state index contributed by atoms with van der Waals surface area (Å²) in [5.74, 6) is 1.48. The van der Waals surface area contributed by atoms with Crippen LogP contribution < -0.4 is 0 Å². The number of rotatable bonds is 7. The Balaban J connectivity index is 1.23. The van der Waals surface area contributed by atoms with Gasteiger partial charge >= 0.3 is 0 Å². The molecule has 0 N–H and O–H groups in total. The Labute approximate surface area is 160 Å². The molecule has 2 aromatic heterocycles. The Kier molecular flexibility index (Phi) is 5.86. The summed E-state index contributed by atoms with van der Waals surface area (Å²) >= 11 is 0. The maximum Gasteiger partial charge on any atom is 0.133 e. The highest BCUT2D eigenvalue weighted by Gasteiger charge is 2.45. The minimum atomic E-state index is 0.0519. The van der Waals surface area contributed by atoms with Crippen molar-refractivity contribution in [2.45, 2.75) is 51.4 Å². The molecule has 0 amide bonds. The molecule has 0 radical (unpaired) electrons. The van der Waals surface area contributed by atoms with E-state index in [9.17, 15) is 0 Å². The van der Waals surface area contributed by atoms with Gasteiger partial charge in [0, 0.05) is 51.3 Å². The van der Waals surface area contributed by atoms with Crippen LogP contribution in [0.2, 0.25) is 0 Å². The van der Waals surface area contributed by atoms with Crippen LogP contribution in [-0.4, -0.2) is 46.9 Å². The Hall–Kier alpha value is -1.76. The van der Waals surface area contributed by atoms with Crippen LogP contribution in [-0.2, 0) is 22.6 Å². The molecule has 6 nitrogen and oxygen atoms in total. The van der Waals surface area contributed by atoms with Crippen molar-refractivity contribution < 1.29 is 14.0 Å². The highest BCUT2D eigenvalue weighted by Crippen LogP contribution is 2.42. The van der Waals surface area contributed by atoms with Crippen molar-refractivity contribution in [2.24, 2.45) is 5.92 Å². The first-order valence-corrected chi connectivity index (χ1v) is 9.99. The average molecular weight is 371 g/mol. The number of aryl methyl sites for hydroxylation is 1. The fourth-order valence-corrected chi connectivity index (χ4v) is 4.45. The summed E-state index contributed by atoms with van der Waals surface area (Å²) < 4.78 is 17.4. The number of hydrogen-bond donors (Lipinski definition) is 0. The number of aromatic nitrogens is 2. The molecular formula is C21H29N3O3. The van der Waals surface area contributed by atoms with Gasteiger partial charge in [0.1, 0.15) is 5.76 Å². The van der Waals surface area contributed by atoms with Crippen LogP contribution in [0.4, 0.5) is 0 Å². The first-order valence-electron chi connectivity index (χ1n) is 9.99. The summed E-state index contributed by atoms with van der Waals surface area (Å²) in [6.45, 7) is 7.26. The predicted octanol–water partition coefficient (Wildman–Crippen LogP) is 3.36. The summed E-state index contributed by atoms with van der Waals surface area (Å²) in [6, 6.07) is 6.04. The second-order valence-electron chi connectivity index (χ2n) is 7.80. The third-order valence-electron chi connectivity index (χ3n) is 5.99. The summed E-state index contributed by atoms with van der Waals surface area (Å²) in [5, 5.41) is 4.12. The van der Waals surface area contributed by atoms with Gasteiger partial charge in [-0.05, 0) is 56.2 Å². The van der Waals surface area contributed by atoms with Crippen LogP contribution in [0.3, 0.4) is 0 Å². The smallest absolute Gasteiger partial charge is 0.133 e. The standard InChI is InChI=1S/C21H29N3O3/c1-17-14-20(23-27-17)15-24-10-6-21(7-11-24)19(5-13-26-21)4-12-25-16-18-2-8-22-9-3-18/h2-3,8-9,14,19H,4-7,10-13,15-16H2,1H3/t19-/m1/s1. The Morgan fingerprint density at radius 2 is 2.07 bits per heavy atom. The molecule has 2 saturated heterocycles. The minimum absolute atomic E-state index is 0.0519. The van der Waals surface area contributed by atoms with Gasteiger partial charge in [0.2, 0.25) is 0 Å². The van der Waals surface area contributed by atoms with Gasteiger partial charge in [0.15, 0.2) is 0 Å². The Morgan fingerprint density at radius 1 is 1.26 bits per heavy atom. The second kappa shape index (κ2) is 8.50. The number of hydrogen-bond acceptors (Lipinski definition) is 6. The number of piperidine rings is 1. The van der Waals surface area contributed by atoms with Crippen molar-refractivity contribution in [3.05, 3.63) is 47.6 Å². The van der Waals surface area contributed by atoms with Crippen LogP contribution in [0.15, 0.2) is 35.1 Å². The first-order chi connectivity index (χ1) is 13.2. The van der Waals surface area contributed by atoms with Gasteiger partial charge in [-0.2, -0.15) is 0 Å². The van der Waals surface area contributed by atoms with Crippen molar-refractivity contribution in [3.63, 3.8) is 0 Å². The van der Waals surface area contributed by atoms with Crippen LogP contribution in [0.25, 0.3) is 0 Å². The zero-order valence-electron chi connectivity index (χ0n) is 16.1. The molecule has 4 rings (SSSR count). The van der Waals surface area contributed by atoms with Crippen LogP contribution in [0.1, 0.15) is 42.7 Å². The fourth-order valence-electron chi connectivity index (χ4n) is 4.45. The second-order valence-corrected chi connectivity index (χ2v) is 7.80. The van der Waals surface area contributed by atoms with E-state index < -0.39 is 0 Å². The van der Waals surface area contributed by atoms with E-state index in [1.807, 2.05) is 37.5 Å². The van der Waals surface area contributed by atoms with Gasteiger partial charge in [-0.15, -0.1) is 0 Å². The van der Waals surface area contributed by atoms with Crippen LogP contribution in [0.5, 0.6) is 0 Å². The Bertz CT molecular complexity index is 710. The average Bonchev–Trinajstić information content (AvgIpc) is 3.28. The van der Waals surface area contributed by atoms with E-state index in [-0.39, 0.29) is 5.60 Å². The lowest BCUT2D eigenvalue weighted by Gasteiger charge is -2.42. The van der Waals surface area contributed by atoms with Gasteiger partial charge in [0.05, 0.1) is 17.9 Å². The minimum Gasteiger partial charge on any atom is -0.377 e. The first kappa shape index (κ1) is 18.6.